The first kappa shape index (κ1) is 16.7. The number of carbonyl (C=O) groups excluding carboxylic acids is 1. The Morgan fingerprint density at radius 3 is 2.71 bits per heavy atom. The molecule has 1 saturated heterocycles. The highest BCUT2D eigenvalue weighted by atomic mass is 79.9. The molecule has 116 valence electrons. The van der Waals surface area contributed by atoms with Crippen LogP contribution in [0.2, 0.25) is 5.15 Å². The number of aromatic nitrogens is 1. The van der Waals surface area contributed by atoms with E-state index in [9.17, 15) is 13.2 Å². The van der Waals surface area contributed by atoms with Crippen LogP contribution in [0.4, 0.5) is 0 Å². The smallest absolute Gasteiger partial charge is 0.246 e. The van der Waals surface area contributed by atoms with Gasteiger partial charge in [0.15, 0.2) is 0 Å². The van der Waals surface area contributed by atoms with Crippen LogP contribution in [0.25, 0.3) is 0 Å². The van der Waals surface area contributed by atoms with Crippen molar-refractivity contribution < 1.29 is 13.2 Å². The maximum Gasteiger partial charge on any atom is 0.246 e. The molecule has 1 fully saturated rings. The molecule has 0 unspecified atom stereocenters. The molecule has 1 amide bonds. The van der Waals surface area contributed by atoms with E-state index < -0.39 is 10.0 Å². The molecular formula is C12H15BrClN3O3S. The summed E-state index contributed by atoms with van der Waals surface area (Å²) in [5, 5.41) is -0.0501. The van der Waals surface area contributed by atoms with Gasteiger partial charge in [-0.15, -0.1) is 0 Å². The molecule has 0 spiro atoms. The maximum absolute atomic E-state index is 12.7. The molecular weight excluding hydrogens is 382 g/mol. The largest absolute Gasteiger partial charge is 0.342 e. The van der Waals surface area contributed by atoms with Gasteiger partial charge < -0.3 is 4.90 Å². The van der Waals surface area contributed by atoms with Crippen LogP contribution in [-0.2, 0) is 14.8 Å². The Labute approximate surface area is 137 Å². The van der Waals surface area contributed by atoms with Crippen molar-refractivity contribution in [1.82, 2.24) is 14.2 Å². The van der Waals surface area contributed by atoms with Crippen molar-refractivity contribution in [1.29, 1.82) is 0 Å². The van der Waals surface area contributed by atoms with Crippen LogP contribution in [0.1, 0.15) is 13.3 Å². The fourth-order valence-corrected chi connectivity index (χ4v) is 4.56. The third-order valence-electron chi connectivity index (χ3n) is 3.29. The van der Waals surface area contributed by atoms with Gasteiger partial charge in [-0.2, -0.15) is 4.31 Å². The van der Waals surface area contributed by atoms with E-state index in [-0.39, 0.29) is 22.5 Å². The SMILES string of the molecule is CC(=O)N1CCCN(S(=O)(=O)c2cc(Br)cnc2Cl)CC1. The molecule has 2 heterocycles. The summed E-state index contributed by atoms with van der Waals surface area (Å²) in [6, 6.07) is 1.44. The quantitative estimate of drug-likeness (QED) is 0.714. The van der Waals surface area contributed by atoms with Crippen LogP contribution in [0.3, 0.4) is 0 Å². The Morgan fingerprint density at radius 1 is 1.33 bits per heavy atom. The Balaban J connectivity index is 2.27. The fraction of sp³-hybridized carbons (Fsp3) is 0.500. The van der Waals surface area contributed by atoms with Crippen molar-refractivity contribution >= 4 is 43.5 Å². The second-order valence-electron chi connectivity index (χ2n) is 4.71. The lowest BCUT2D eigenvalue weighted by Crippen LogP contribution is -2.36. The monoisotopic (exact) mass is 395 g/mol. The molecule has 21 heavy (non-hydrogen) atoms. The summed E-state index contributed by atoms with van der Waals surface area (Å²) < 4.78 is 27.2. The molecule has 1 aliphatic heterocycles. The number of rotatable bonds is 2. The number of nitrogens with zero attached hydrogens (tertiary/aromatic N) is 3. The van der Waals surface area contributed by atoms with E-state index in [1.807, 2.05) is 0 Å². The number of amides is 1. The minimum Gasteiger partial charge on any atom is -0.342 e. The van der Waals surface area contributed by atoms with Crippen molar-refractivity contribution in [3.05, 3.63) is 21.9 Å². The first-order chi connectivity index (χ1) is 9.82. The van der Waals surface area contributed by atoms with Crippen LogP contribution < -0.4 is 0 Å². The highest BCUT2D eigenvalue weighted by Gasteiger charge is 2.29. The van der Waals surface area contributed by atoms with Crippen LogP contribution in [0.15, 0.2) is 21.6 Å². The molecule has 0 atom stereocenters. The molecule has 1 aromatic rings. The van der Waals surface area contributed by atoms with Crippen LogP contribution in [-0.4, -0.2) is 54.7 Å². The summed E-state index contributed by atoms with van der Waals surface area (Å²) in [7, 11) is -3.72. The van der Waals surface area contributed by atoms with Gasteiger partial charge in [0, 0.05) is 43.8 Å². The summed E-state index contributed by atoms with van der Waals surface area (Å²) in [5.74, 6) is -0.0450. The van der Waals surface area contributed by atoms with E-state index in [0.717, 1.165) is 0 Å². The summed E-state index contributed by atoms with van der Waals surface area (Å²) in [6.45, 7) is 3.04. The van der Waals surface area contributed by atoms with E-state index in [1.54, 1.807) is 4.90 Å². The molecule has 1 aliphatic rings. The van der Waals surface area contributed by atoms with Gasteiger partial charge >= 0.3 is 0 Å². The molecule has 6 nitrogen and oxygen atoms in total. The van der Waals surface area contributed by atoms with Gasteiger partial charge in [0.25, 0.3) is 0 Å². The van der Waals surface area contributed by atoms with E-state index in [4.69, 9.17) is 11.6 Å². The lowest BCUT2D eigenvalue weighted by atomic mass is 10.4. The van der Waals surface area contributed by atoms with Crippen LogP contribution in [0, 0.1) is 0 Å². The molecule has 0 aromatic carbocycles. The molecule has 1 aromatic heterocycles. The normalized spacial score (nSPS) is 17.6. The van der Waals surface area contributed by atoms with E-state index in [2.05, 4.69) is 20.9 Å². The maximum atomic E-state index is 12.7. The van der Waals surface area contributed by atoms with Crippen molar-refractivity contribution in [3.63, 3.8) is 0 Å². The van der Waals surface area contributed by atoms with Crippen LogP contribution >= 0.6 is 27.5 Å². The number of hydrogen-bond acceptors (Lipinski definition) is 4. The third-order valence-corrected chi connectivity index (χ3v) is 6.05. The number of hydrogen-bond donors (Lipinski definition) is 0. The van der Waals surface area contributed by atoms with Crippen molar-refractivity contribution in [2.45, 2.75) is 18.2 Å². The van der Waals surface area contributed by atoms with E-state index >= 15 is 0 Å². The second-order valence-corrected chi connectivity index (χ2v) is 7.89. The Bertz CT molecular complexity index is 653. The number of carbonyl (C=O) groups is 1. The minimum atomic E-state index is -3.72. The number of halogens is 2. The first-order valence-electron chi connectivity index (χ1n) is 6.39. The summed E-state index contributed by atoms with van der Waals surface area (Å²) in [5.41, 5.74) is 0. The molecule has 0 bridgehead atoms. The Morgan fingerprint density at radius 2 is 2.05 bits per heavy atom. The molecule has 0 N–H and O–H groups in total. The van der Waals surface area contributed by atoms with Gasteiger partial charge in [0.2, 0.25) is 15.9 Å². The fourth-order valence-electron chi connectivity index (χ4n) is 2.17. The summed E-state index contributed by atoms with van der Waals surface area (Å²) in [6.07, 6.45) is 2.04. The average molecular weight is 397 g/mol. The summed E-state index contributed by atoms with van der Waals surface area (Å²) in [4.78, 5) is 16.9. The van der Waals surface area contributed by atoms with Gasteiger partial charge in [-0.05, 0) is 28.4 Å². The van der Waals surface area contributed by atoms with Crippen molar-refractivity contribution in [3.8, 4) is 0 Å². The number of sulfonamides is 1. The van der Waals surface area contributed by atoms with E-state index in [0.29, 0.717) is 30.5 Å². The predicted molar refractivity (Wildman–Crippen MR) is 82.6 cm³/mol. The lowest BCUT2D eigenvalue weighted by Gasteiger charge is -2.21. The van der Waals surface area contributed by atoms with Gasteiger partial charge in [0.1, 0.15) is 10.0 Å². The van der Waals surface area contributed by atoms with Gasteiger partial charge in [-0.3, -0.25) is 4.79 Å². The standard InChI is InChI=1S/C12H15BrClN3O3S/c1-9(18)16-3-2-4-17(6-5-16)21(19,20)11-7-10(13)8-15-12(11)14/h7-8H,2-6H2,1H3. The van der Waals surface area contributed by atoms with Crippen molar-refractivity contribution in [2.24, 2.45) is 0 Å². The first-order valence-corrected chi connectivity index (χ1v) is 9.00. The average Bonchev–Trinajstić information content (AvgIpc) is 2.67. The lowest BCUT2D eigenvalue weighted by molar-refractivity contribution is -0.128. The zero-order valence-corrected chi connectivity index (χ0v) is 14.6. The second kappa shape index (κ2) is 6.60. The minimum absolute atomic E-state index is 0.0187. The zero-order valence-electron chi connectivity index (χ0n) is 11.4. The molecule has 0 saturated carbocycles. The van der Waals surface area contributed by atoms with Gasteiger partial charge in [-0.25, -0.2) is 13.4 Å². The van der Waals surface area contributed by atoms with Crippen LogP contribution in [0.5, 0.6) is 0 Å². The number of pyridine rings is 1. The van der Waals surface area contributed by atoms with Crippen molar-refractivity contribution in [2.75, 3.05) is 26.2 Å². The summed E-state index contributed by atoms with van der Waals surface area (Å²) >= 11 is 9.12. The van der Waals surface area contributed by atoms with E-state index in [1.165, 1.54) is 23.5 Å². The Kier molecular flexibility index (Phi) is 5.24. The topological polar surface area (TPSA) is 70.6 Å². The Hall–Kier alpha value is -0.700. The van der Waals surface area contributed by atoms with Gasteiger partial charge in [-0.1, -0.05) is 11.6 Å². The highest BCUT2D eigenvalue weighted by molar-refractivity contribution is 9.10. The molecule has 0 aliphatic carbocycles. The predicted octanol–water partition coefficient (Wildman–Crippen LogP) is 1.74. The highest BCUT2D eigenvalue weighted by Crippen LogP contribution is 2.26. The third kappa shape index (κ3) is 3.74. The molecule has 0 radical (unpaired) electrons. The molecule has 2 rings (SSSR count). The molecule has 9 heteroatoms. The zero-order chi connectivity index (χ0) is 15.6. The van der Waals surface area contributed by atoms with Gasteiger partial charge in [0.05, 0.1) is 0 Å².